The molecule has 6 heteroatoms. The molecule has 2 heterocycles. The van der Waals surface area contributed by atoms with Crippen molar-refractivity contribution >= 4 is 17.6 Å². The molecule has 0 amide bonds. The van der Waals surface area contributed by atoms with E-state index >= 15 is 0 Å². The summed E-state index contributed by atoms with van der Waals surface area (Å²) < 4.78 is 0. The molecule has 0 bridgehead atoms. The highest BCUT2D eigenvalue weighted by molar-refractivity contribution is 6.39. The number of hydrogen-bond donors (Lipinski definition) is 2. The van der Waals surface area contributed by atoms with Gasteiger partial charge in [0.15, 0.2) is 5.82 Å². The van der Waals surface area contributed by atoms with E-state index in [9.17, 15) is 4.79 Å². The standard InChI is InChI=1S/C7H6N4O2/c12-7(13)6-10-3-4-5(11-6)9-2-1-8-4/h1-2H,3H2,(H,12,13)(H,9,10,11). The lowest BCUT2D eigenvalue weighted by Gasteiger charge is -2.12. The van der Waals surface area contributed by atoms with Crippen molar-refractivity contribution in [2.75, 3.05) is 5.32 Å². The Bertz CT molecular complexity index is 388. The van der Waals surface area contributed by atoms with Gasteiger partial charge < -0.3 is 10.4 Å². The smallest absolute Gasteiger partial charge is 0.371 e. The van der Waals surface area contributed by atoms with Crippen molar-refractivity contribution < 1.29 is 9.90 Å². The first-order valence-electron chi connectivity index (χ1n) is 3.62. The summed E-state index contributed by atoms with van der Waals surface area (Å²) in [5.74, 6) is -0.709. The number of aliphatic imine (C=N–C) groups is 1. The maximum absolute atomic E-state index is 10.5. The van der Waals surface area contributed by atoms with Crippen LogP contribution in [0.5, 0.6) is 0 Å². The van der Waals surface area contributed by atoms with Gasteiger partial charge >= 0.3 is 5.97 Å². The molecule has 0 radical (unpaired) electrons. The van der Waals surface area contributed by atoms with Crippen LogP contribution in [0.4, 0.5) is 5.82 Å². The van der Waals surface area contributed by atoms with E-state index < -0.39 is 5.97 Å². The molecule has 0 spiro atoms. The van der Waals surface area contributed by atoms with Crippen LogP contribution in [0.25, 0.3) is 0 Å². The molecule has 2 N–H and O–H groups in total. The van der Waals surface area contributed by atoms with Crippen molar-refractivity contribution in [2.24, 2.45) is 4.99 Å². The van der Waals surface area contributed by atoms with Crippen LogP contribution in [0.1, 0.15) is 5.69 Å². The number of nitrogens with one attached hydrogen (secondary N) is 1. The highest BCUT2D eigenvalue weighted by Gasteiger charge is 2.17. The average Bonchev–Trinajstić information content (AvgIpc) is 2.17. The minimum Gasteiger partial charge on any atom is -0.475 e. The molecule has 1 aliphatic heterocycles. The molecule has 0 fully saturated rings. The van der Waals surface area contributed by atoms with E-state index in [4.69, 9.17) is 5.11 Å². The summed E-state index contributed by atoms with van der Waals surface area (Å²) in [6, 6.07) is 0. The summed E-state index contributed by atoms with van der Waals surface area (Å²) in [5.41, 5.74) is 0.660. The van der Waals surface area contributed by atoms with E-state index in [1.54, 1.807) is 6.20 Å². The molecular weight excluding hydrogens is 172 g/mol. The number of fused-ring (bicyclic) bond motifs is 1. The van der Waals surface area contributed by atoms with Gasteiger partial charge in [-0.2, -0.15) is 0 Å². The van der Waals surface area contributed by atoms with Crippen molar-refractivity contribution in [3.8, 4) is 0 Å². The maximum atomic E-state index is 10.5. The van der Waals surface area contributed by atoms with Gasteiger partial charge in [-0.15, -0.1) is 0 Å². The first-order chi connectivity index (χ1) is 6.27. The Balaban J connectivity index is 2.33. The van der Waals surface area contributed by atoms with E-state index in [0.717, 1.165) is 0 Å². The van der Waals surface area contributed by atoms with Crippen LogP contribution in [0.15, 0.2) is 17.4 Å². The molecule has 0 saturated carbocycles. The number of carboxylic acid groups (broad SMARTS) is 1. The van der Waals surface area contributed by atoms with Crippen LogP contribution >= 0.6 is 0 Å². The largest absolute Gasteiger partial charge is 0.475 e. The van der Waals surface area contributed by atoms with Crippen LogP contribution in [-0.2, 0) is 11.3 Å². The minimum atomic E-state index is -1.09. The lowest BCUT2D eigenvalue weighted by molar-refractivity contribution is -0.129. The van der Waals surface area contributed by atoms with Gasteiger partial charge in [-0.3, -0.25) is 9.98 Å². The topological polar surface area (TPSA) is 87.5 Å². The summed E-state index contributed by atoms with van der Waals surface area (Å²) in [6.07, 6.45) is 3.04. The third kappa shape index (κ3) is 1.33. The molecule has 13 heavy (non-hydrogen) atoms. The van der Waals surface area contributed by atoms with Gasteiger partial charge in [-0.1, -0.05) is 0 Å². The molecule has 1 aromatic rings. The van der Waals surface area contributed by atoms with Crippen LogP contribution in [0.3, 0.4) is 0 Å². The zero-order chi connectivity index (χ0) is 9.26. The van der Waals surface area contributed by atoms with Crippen molar-refractivity contribution in [1.29, 1.82) is 0 Å². The molecular formula is C7H6N4O2. The number of carboxylic acids is 1. The first kappa shape index (κ1) is 7.66. The molecule has 66 valence electrons. The summed E-state index contributed by atoms with van der Waals surface area (Å²) >= 11 is 0. The average molecular weight is 178 g/mol. The number of carbonyl (C=O) groups is 1. The number of hydrogen-bond acceptors (Lipinski definition) is 5. The monoisotopic (exact) mass is 178 g/mol. The van der Waals surface area contributed by atoms with Gasteiger partial charge in [0.25, 0.3) is 0 Å². The Morgan fingerprint density at radius 3 is 3.00 bits per heavy atom. The van der Waals surface area contributed by atoms with Crippen molar-refractivity contribution in [3.05, 3.63) is 18.1 Å². The number of anilines is 1. The molecule has 0 aliphatic carbocycles. The van der Waals surface area contributed by atoms with Gasteiger partial charge in [0.1, 0.15) is 5.69 Å². The molecule has 0 atom stereocenters. The number of rotatable bonds is 1. The Morgan fingerprint density at radius 2 is 2.23 bits per heavy atom. The van der Waals surface area contributed by atoms with Gasteiger partial charge in [-0.05, 0) is 0 Å². The Hall–Kier alpha value is -1.98. The summed E-state index contributed by atoms with van der Waals surface area (Å²) in [4.78, 5) is 22.2. The molecule has 0 saturated heterocycles. The third-order valence-corrected chi connectivity index (χ3v) is 1.60. The summed E-state index contributed by atoms with van der Waals surface area (Å²) in [5, 5.41) is 11.2. The molecule has 2 rings (SSSR count). The fraction of sp³-hybridized carbons (Fsp3) is 0.143. The number of aromatic nitrogens is 2. The normalized spacial score (nSPS) is 14.0. The van der Waals surface area contributed by atoms with Crippen LogP contribution < -0.4 is 5.32 Å². The third-order valence-electron chi connectivity index (χ3n) is 1.60. The summed E-state index contributed by atoms with van der Waals surface area (Å²) in [6.45, 7) is 0.262. The lowest BCUT2D eigenvalue weighted by Crippen LogP contribution is -2.27. The fourth-order valence-corrected chi connectivity index (χ4v) is 1.01. The van der Waals surface area contributed by atoms with E-state index in [1.165, 1.54) is 6.20 Å². The zero-order valence-electron chi connectivity index (χ0n) is 6.56. The summed E-state index contributed by atoms with van der Waals surface area (Å²) in [7, 11) is 0. The molecule has 6 nitrogen and oxygen atoms in total. The molecule has 0 aromatic carbocycles. The molecule has 1 aromatic heterocycles. The first-order valence-corrected chi connectivity index (χ1v) is 3.62. The Morgan fingerprint density at radius 1 is 1.46 bits per heavy atom. The quantitative estimate of drug-likeness (QED) is 0.626. The predicted molar refractivity (Wildman–Crippen MR) is 44.4 cm³/mol. The Kier molecular flexibility index (Phi) is 1.66. The van der Waals surface area contributed by atoms with Gasteiger partial charge in [0.05, 0.1) is 6.54 Å². The van der Waals surface area contributed by atoms with Crippen molar-refractivity contribution in [3.63, 3.8) is 0 Å². The van der Waals surface area contributed by atoms with Gasteiger partial charge in [0, 0.05) is 12.4 Å². The number of amidine groups is 1. The highest BCUT2D eigenvalue weighted by atomic mass is 16.4. The van der Waals surface area contributed by atoms with Crippen molar-refractivity contribution in [1.82, 2.24) is 9.97 Å². The fourth-order valence-electron chi connectivity index (χ4n) is 1.01. The van der Waals surface area contributed by atoms with Gasteiger partial charge in [0.2, 0.25) is 5.84 Å². The Labute approximate surface area is 73.4 Å². The van der Waals surface area contributed by atoms with Crippen LogP contribution in [0.2, 0.25) is 0 Å². The lowest BCUT2D eigenvalue weighted by atomic mass is 10.3. The van der Waals surface area contributed by atoms with E-state index in [2.05, 4.69) is 20.3 Å². The second-order valence-corrected chi connectivity index (χ2v) is 2.45. The second-order valence-electron chi connectivity index (χ2n) is 2.45. The van der Waals surface area contributed by atoms with E-state index in [0.29, 0.717) is 11.5 Å². The van der Waals surface area contributed by atoms with E-state index in [-0.39, 0.29) is 12.4 Å². The van der Waals surface area contributed by atoms with Crippen molar-refractivity contribution in [2.45, 2.75) is 6.54 Å². The molecule has 0 unspecified atom stereocenters. The van der Waals surface area contributed by atoms with Crippen LogP contribution in [-0.4, -0.2) is 26.9 Å². The van der Waals surface area contributed by atoms with E-state index in [1.807, 2.05) is 0 Å². The maximum Gasteiger partial charge on any atom is 0.371 e. The number of aliphatic carboxylic acids is 1. The molecule has 1 aliphatic rings. The van der Waals surface area contributed by atoms with Crippen LogP contribution in [0, 0.1) is 0 Å². The zero-order valence-corrected chi connectivity index (χ0v) is 6.56. The predicted octanol–water partition coefficient (Wildman–Crippen LogP) is -0.115. The SMILES string of the molecule is O=C(O)C1=NCc2nccnc2N1. The highest BCUT2D eigenvalue weighted by Crippen LogP contribution is 2.13. The second kappa shape index (κ2) is 2.81. The van der Waals surface area contributed by atoms with Gasteiger partial charge in [-0.25, -0.2) is 9.78 Å². The minimum absolute atomic E-state index is 0.0898. The number of nitrogens with zero attached hydrogens (tertiary/aromatic N) is 3.